The average molecular weight is 261 g/mol. The Kier molecular flexibility index (Phi) is 4.16. The van der Waals surface area contributed by atoms with Gasteiger partial charge < -0.3 is 14.8 Å². The number of pyridine rings is 1. The maximum Gasteiger partial charge on any atom is 0.251 e. The number of aromatic nitrogens is 2. The molecule has 5 heteroatoms. The minimum absolute atomic E-state index is 0.0152. The van der Waals surface area contributed by atoms with Gasteiger partial charge in [-0.3, -0.25) is 4.79 Å². The SMILES string of the molecule is CC(C)C(CCO)NC(=O)c1ccn2cncc2c1. The number of hydrogen-bond donors (Lipinski definition) is 2. The lowest BCUT2D eigenvalue weighted by atomic mass is 10.0. The van der Waals surface area contributed by atoms with Gasteiger partial charge in [-0.05, 0) is 24.5 Å². The van der Waals surface area contributed by atoms with Crippen molar-refractivity contribution < 1.29 is 9.90 Å². The van der Waals surface area contributed by atoms with Crippen molar-refractivity contribution in [2.24, 2.45) is 5.92 Å². The van der Waals surface area contributed by atoms with Gasteiger partial charge in [-0.2, -0.15) is 0 Å². The molecule has 0 aromatic carbocycles. The van der Waals surface area contributed by atoms with E-state index in [1.807, 2.05) is 24.4 Å². The van der Waals surface area contributed by atoms with Gasteiger partial charge in [-0.15, -0.1) is 0 Å². The number of aliphatic hydroxyl groups excluding tert-OH is 1. The van der Waals surface area contributed by atoms with Crippen LogP contribution in [-0.2, 0) is 0 Å². The summed E-state index contributed by atoms with van der Waals surface area (Å²) in [6.07, 6.45) is 5.79. The highest BCUT2D eigenvalue weighted by Crippen LogP contribution is 2.10. The third-order valence-corrected chi connectivity index (χ3v) is 3.24. The summed E-state index contributed by atoms with van der Waals surface area (Å²) in [5.41, 5.74) is 1.49. The van der Waals surface area contributed by atoms with Gasteiger partial charge in [0.25, 0.3) is 5.91 Å². The normalized spacial score (nSPS) is 12.8. The fraction of sp³-hybridized carbons (Fsp3) is 0.429. The highest BCUT2D eigenvalue weighted by atomic mass is 16.3. The van der Waals surface area contributed by atoms with Crippen LogP contribution in [0.5, 0.6) is 0 Å². The number of fused-ring (bicyclic) bond motifs is 1. The van der Waals surface area contributed by atoms with Crippen LogP contribution in [0.25, 0.3) is 5.52 Å². The highest BCUT2D eigenvalue weighted by molar-refractivity contribution is 5.95. The molecule has 102 valence electrons. The predicted octanol–water partition coefficient (Wildman–Crippen LogP) is 1.47. The van der Waals surface area contributed by atoms with Crippen molar-refractivity contribution in [1.29, 1.82) is 0 Å². The Bertz CT molecular complexity index is 563. The molecule has 19 heavy (non-hydrogen) atoms. The standard InChI is InChI=1S/C14H19N3O2/c1-10(2)13(4-6-18)16-14(19)11-3-5-17-9-15-8-12(17)7-11/h3,5,7-10,13,18H,4,6H2,1-2H3,(H,16,19). The van der Waals surface area contributed by atoms with Crippen LogP contribution in [0.15, 0.2) is 30.9 Å². The molecule has 0 spiro atoms. The Balaban J connectivity index is 2.13. The van der Waals surface area contributed by atoms with E-state index < -0.39 is 0 Å². The van der Waals surface area contributed by atoms with Crippen LogP contribution in [0.2, 0.25) is 0 Å². The van der Waals surface area contributed by atoms with Crippen LogP contribution < -0.4 is 5.32 Å². The molecular weight excluding hydrogens is 242 g/mol. The molecule has 1 atom stereocenters. The molecule has 0 radical (unpaired) electrons. The first kappa shape index (κ1) is 13.5. The third kappa shape index (κ3) is 3.12. The Morgan fingerprint density at radius 1 is 1.53 bits per heavy atom. The predicted molar refractivity (Wildman–Crippen MR) is 73.0 cm³/mol. The highest BCUT2D eigenvalue weighted by Gasteiger charge is 2.16. The molecule has 2 rings (SSSR count). The summed E-state index contributed by atoms with van der Waals surface area (Å²) in [4.78, 5) is 16.2. The Morgan fingerprint density at radius 3 is 3.00 bits per heavy atom. The number of nitrogens with one attached hydrogen (secondary N) is 1. The Hall–Kier alpha value is -1.88. The first-order valence-corrected chi connectivity index (χ1v) is 6.45. The van der Waals surface area contributed by atoms with E-state index in [1.165, 1.54) is 0 Å². The summed E-state index contributed by atoms with van der Waals surface area (Å²) < 4.78 is 1.85. The van der Waals surface area contributed by atoms with Gasteiger partial charge in [0.05, 0.1) is 18.0 Å². The van der Waals surface area contributed by atoms with Crippen LogP contribution in [0.1, 0.15) is 30.6 Å². The summed E-state index contributed by atoms with van der Waals surface area (Å²) in [7, 11) is 0. The number of carbonyl (C=O) groups is 1. The molecule has 0 aliphatic heterocycles. The van der Waals surface area contributed by atoms with Crippen LogP contribution in [0.3, 0.4) is 0 Å². The second-order valence-corrected chi connectivity index (χ2v) is 4.98. The van der Waals surface area contributed by atoms with Gasteiger partial charge in [0, 0.05) is 24.4 Å². The molecule has 0 aliphatic rings. The van der Waals surface area contributed by atoms with Crippen LogP contribution in [0, 0.1) is 5.92 Å². The lowest BCUT2D eigenvalue weighted by Crippen LogP contribution is -2.39. The quantitative estimate of drug-likeness (QED) is 0.856. The summed E-state index contributed by atoms with van der Waals surface area (Å²) in [5.74, 6) is 0.172. The van der Waals surface area contributed by atoms with Crippen molar-refractivity contribution in [2.45, 2.75) is 26.3 Å². The molecule has 2 heterocycles. The zero-order chi connectivity index (χ0) is 13.8. The first-order valence-electron chi connectivity index (χ1n) is 6.45. The molecule has 1 amide bonds. The number of hydrogen-bond acceptors (Lipinski definition) is 3. The molecule has 0 saturated carbocycles. The number of amides is 1. The fourth-order valence-electron chi connectivity index (χ4n) is 2.02. The molecule has 0 aliphatic carbocycles. The van der Waals surface area contributed by atoms with Crippen LogP contribution in [-0.4, -0.2) is 33.0 Å². The van der Waals surface area contributed by atoms with E-state index in [9.17, 15) is 4.79 Å². The van der Waals surface area contributed by atoms with E-state index in [1.54, 1.807) is 24.7 Å². The van der Waals surface area contributed by atoms with E-state index in [2.05, 4.69) is 10.3 Å². The number of aliphatic hydroxyl groups is 1. The molecular formula is C14H19N3O2. The van der Waals surface area contributed by atoms with Gasteiger partial charge in [0.1, 0.15) is 0 Å². The number of carbonyl (C=O) groups excluding carboxylic acids is 1. The van der Waals surface area contributed by atoms with E-state index in [0.29, 0.717) is 12.0 Å². The summed E-state index contributed by atoms with van der Waals surface area (Å²) in [6, 6.07) is 3.55. The van der Waals surface area contributed by atoms with E-state index in [-0.39, 0.29) is 24.5 Å². The lowest BCUT2D eigenvalue weighted by Gasteiger charge is -2.21. The summed E-state index contributed by atoms with van der Waals surface area (Å²) in [6.45, 7) is 4.13. The van der Waals surface area contributed by atoms with Gasteiger partial charge >= 0.3 is 0 Å². The second-order valence-electron chi connectivity index (χ2n) is 4.98. The van der Waals surface area contributed by atoms with Crippen LogP contribution in [0.4, 0.5) is 0 Å². The van der Waals surface area contributed by atoms with E-state index >= 15 is 0 Å². The molecule has 2 aromatic heterocycles. The number of nitrogens with zero attached hydrogens (tertiary/aromatic N) is 2. The minimum atomic E-state index is -0.115. The zero-order valence-corrected chi connectivity index (χ0v) is 11.2. The summed E-state index contributed by atoms with van der Waals surface area (Å²) >= 11 is 0. The van der Waals surface area contributed by atoms with E-state index in [0.717, 1.165) is 5.52 Å². The van der Waals surface area contributed by atoms with Crippen molar-refractivity contribution in [3.63, 3.8) is 0 Å². The topological polar surface area (TPSA) is 66.6 Å². The molecule has 5 nitrogen and oxygen atoms in total. The molecule has 2 aromatic rings. The van der Waals surface area contributed by atoms with Crippen molar-refractivity contribution >= 4 is 11.4 Å². The summed E-state index contributed by atoms with van der Waals surface area (Å²) in [5, 5.41) is 12.0. The van der Waals surface area contributed by atoms with Gasteiger partial charge in [-0.25, -0.2) is 4.98 Å². The molecule has 0 saturated heterocycles. The minimum Gasteiger partial charge on any atom is -0.396 e. The average Bonchev–Trinajstić information content (AvgIpc) is 2.85. The van der Waals surface area contributed by atoms with Crippen LogP contribution >= 0.6 is 0 Å². The number of imidazole rings is 1. The Morgan fingerprint density at radius 2 is 2.32 bits per heavy atom. The van der Waals surface area contributed by atoms with Crippen molar-refractivity contribution in [2.75, 3.05) is 6.61 Å². The largest absolute Gasteiger partial charge is 0.396 e. The molecule has 0 fully saturated rings. The number of rotatable bonds is 5. The van der Waals surface area contributed by atoms with Gasteiger partial charge in [0.2, 0.25) is 0 Å². The monoisotopic (exact) mass is 261 g/mol. The first-order chi connectivity index (χ1) is 9.11. The Labute approximate surface area is 112 Å². The molecule has 2 N–H and O–H groups in total. The van der Waals surface area contributed by atoms with Gasteiger partial charge in [0.15, 0.2) is 0 Å². The van der Waals surface area contributed by atoms with Gasteiger partial charge in [-0.1, -0.05) is 13.8 Å². The third-order valence-electron chi connectivity index (χ3n) is 3.24. The van der Waals surface area contributed by atoms with Crippen molar-refractivity contribution in [3.05, 3.63) is 36.4 Å². The van der Waals surface area contributed by atoms with E-state index in [4.69, 9.17) is 5.11 Å². The zero-order valence-electron chi connectivity index (χ0n) is 11.2. The van der Waals surface area contributed by atoms with Crippen molar-refractivity contribution in [3.8, 4) is 0 Å². The fourth-order valence-corrected chi connectivity index (χ4v) is 2.02. The maximum absolute atomic E-state index is 12.2. The smallest absolute Gasteiger partial charge is 0.251 e. The van der Waals surface area contributed by atoms with Crippen molar-refractivity contribution in [1.82, 2.24) is 14.7 Å². The molecule has 0 bridgehead atoms. The lowest BCUT2D eigenvalue weighted by molar-refractivity contribution is 0.0916. The maximum atomic E-state index is 12.2. The second kappa shape index (κ2) is 5.84. The molecule has 1 unspecified atom stereocenters.